The van der Waals surface area contributed by atoms with Crippen LogP contribution < -0.4 is 0 Å². The molecule has 0 bridgehead atoms. The molecule has 0 aliphatic carbocycles. The number of aromatic nitrogens is 1. The van der Waals surface area contributed by atoms with E-state index in [1.165, 1.54) is 6.26 Å². The second-order valence-corrected chi connectivity index (χ2v) is 7.66. The highest BCUT2D eigenvalue weighted by atomic mass is 32.2. The second-order valence-electron chi connectivity index (χ2n) is 4.61. The molecule has 7 heteroatoms. The normalized spacial score (nSPS) is 19.2. The van der Waals surface area contributed by atoms with Crippen molar-refractivity contribution in [3.8, 4) is 0 Å². The fourth-order valence-corrected chi connectivity index (χ4v) is 3.55. The predicted octanol–water partition coefficient (Wildman–Crippen LogP) is 0.571. The van der Waals surface area contributed by atoms with Crippen LogP contribution in [-0.4, -0.2) is 61.6 Å². The lowest BCUT2D eigenvalue weighted by molar-refractivity contribution is 0.190. The van der Waals surface area contributed by atoms with E-state index in [1.54, 1.807) is 15.6 Å². The SMILES string of the molecule is Cc1nc(CCN2CCN(S(C)(=O)=O)CC2)cs1. The molecule has 0 spiro atoms. The van der Waals surface area contributed by atoms with Crippen molar-refractivity contribution in [3.05, 3.63) is 16.1 Å². The van der Waals surface area contributed by atoms with E-state index in [1.807, 2.05) is 6.92 Å². The molecule has 1 saturated heterocycles. The molecule has 0 atom stereocenters. The van der Waals surface area contributed by atoms with Crippen molar-refractivity contribution < 1.29 is 8.42 Å². The Hall–Kier alpha value is -0.500. The molecule has 5 nitrogen and oxygen atoms in total. The van der Waals surface area contributed by atoms with Gasteiger partial charge in [0.15, 0.2) is 0 Å². The van der Waals surface area contributed by atoms with Gasteiger partial charge in [-0.3, -0.25) is 0 Å². The van der Waals surface area contributed by atoms with Gasteiger partial charge in [0.25, 0.3) is 0 Å². The molecule has 18 heavy (non-hydrogen) atoms. The Kier molecular flexibility index (Phi) is 4.37. The van der Waals surface area contributed by atoms with Crippen LogP contribution in [0, 0.1) is 6.92 Å². The van der Waals surface area contributed by atoms with E-state index in [2.05, 4.69) is 15.3 Å². The third-order valence-corrected chi connectivity index (χ3v) is 5.28. The van der Waals surface area contributed by atoms with Gasteiger partial charge in [0.1, 0.15) is 0 Å². The monoisotopic (exact) mass is 289 g/mol. The van der Waals surface area contributed by atoms with Gasteiger partial charge in [-0.2, -0.15) is 4.31 Å². The molecule has 2 heterocycles. The lowest BCUT2D eigenvalue weighted by Gasteiger charge is -2.33. The number of hydrogen-bond acceptors (Lipinski definition) is 5. The topological polar surface area (TPSA) is 53.5 Å². The lowest BCUT2D eigenvalue weighted by atomic mass is 10.3. The van der Waals surface area contributed by atoms with Gasteiger partial charge in [0.05, 0.1) is 17.0 Å². The van der Waals surface area contributed by atoms with E-state index in [4.69, 9.17) is 0 Å². The number of hydrogen-bond donors (Lipinski definition) is 0. The van der Waals surface area contributed by atoms with Gasteiger partial charge in [-0.05, 0) is 6.92 Å². The summed E-state index contributed by atoms with van der Waals surface area (Å²) in [6.45, 7) is 5.82. The van der Waals surface area contributed by atoms with Crippen molar-refractivity contribution >= 4 is 21.4 Å². The zero-order valence-electron chi connectivity index (χ0n) is 10.8. The number of sulfonamides is 1. The maximum atomic E-state index is 11.4. The van der Waals surface area contributed by atoms with Crippen molar-refractivity contribution in [1.82, 2.24) is 14.2 Å². The van der Waals surface area contributed by atoms with Crippen LogP contribution in [0.15, 0.2) is 5.38 Å². The van der Waals surface area contributed by atoms with Gasteiger partial charge in [-0.25, -0.2) is 13.4 Å². The fraction of sp³-hybridized carbons (Fsp3) is 0.727. The highest BCUT2D eigenvalue weighted by Gasteiger charge is 2.22. The molecule has 0 aromatic carbocycles. The molecule has 1 aliphatic heterocycles. The first-order valence-electron chi connectivity index (χ1n) is 6.03. The van der Waals surface area contributed by atoms with Gasteiger partial charge in [0, 0.05) is 44.5 Å². The summed E-state index contributed by atoms with van der Waals surface area (Å²) in [5, 5.41) is 3.20. The number of aryl methyl sites for hydroxylation is 1. The molecule has 2 rings (SSSR count). The minimum atomic E-state index is -3.02. The van der Waals surface area contributed by atoms with E-state index in [-0.39, 0.29) is 0 Å². The van der Waals surface area contributed by atoms with Gasteiger partial charge < -0.3 is 4.90 Å². The maximum absolute atomic E-state index is 11.4. The number of thiazole rings is 1. The van der Waals surface area contributed by atoms with Crippen molar-refractivity contribution in [2.24, 2.45) is 0 Å². The van der Waals surface area contributed by atoms with E-state index in [9.17, 15) is 8.42 Å². The Morgan fingerprint density at radius 2 is 2.00 bits per heavy atom. The number of nitrogens with zero attached hydrogens (tertiary/aromatic N) is 3. The van der Waals surface area contributed by atoms with Crippen LogP contribution in [0.2, 0.25) is 0 Å². The molecule has 1 aliphatic rings. The van der Waals surface area contributed by atoms with Crippen molar-refractivity contribution in [1.29, 1.82) is 0 Å². The van der Waals surface area contributed by atoms with Crippen LogP contribution in [0.25, 0.3) is 0 Å². The summed E-state index contributed by atoms with van der Waals surface area (Å²) >= 11 is 1.68. The molecule has 0 unspecified atom stereocenters. The van der Waals surface area contributed by atoms with Gasteiger partial charge in [-0.1, -0.05) is 0 Å². The van der Waals surface area contributed by atoms with Crippen LogP contribution in [-0.2, 0) is 16.4 Å². The standard InChI is InChI=1S/C11H19N3O2S2/c1-10-12-11(9-17-10)3-4-13-5-7-14(8-6-13)18(2,15)16/h9H,3-8H2,1-2H3. The Balaban J connectivity index is 1.77. The van der Waals surface area contributed by atoms with E-state index < -0.39 is 10.0 Å². The fourth-order valence-electron chi connectivity index (χ4n) is 2.08. The Morgan fingerprint density at radius 3 is 2.50 bits per heavy atom. The van der Waals surface area contributed by atoms with Crippen LogP contribution in [0.4, 0.5) is 0 Å². The summed E-state index contributed by atoms with van der Waals surface area (Å²) in [5.74, 6) is 0. The highest BCUT2D eigenvalue weighted by molar-refractivity contribution is 7.88. The van der Waals surface area contributed by atoms with E-state index in [0.717, 1.165) is 36.8 Å². The summed E-state index contributed by atoms with van der Waals surface area (Å²) in [6, 6.07) is 0. The van der Waals surface area contributed by atoms with Gasteiger partial charge >= 0.3 is 0 Å². The Morgan fingerprint density at radius 1 is 1.33 bits per heavy atom. The smallest absolute Gasteiger partial charge is 0.211 e. The number of piperazine rings is 1. The van der Waals surface area contributed by atoms with Crippen LogP contribution in [0.3, 0.4) is 0 Å². The van der Waals surface area contributed by atoms with Gasteiger partial charge in [-0.15, -0.1) is 11.3 Å². The first kappa shape index (κ1) is 13.9. The van der Waals surface area contributed by atoms with Crippen LogP contribution in [0.1, 0.15) is 10.7 Å². The number of rotatable bonds is 4. The van der Waals surface area contributed by atoms with E-state index >= 15 is 0 Å². The first-order valence-corrected chi connectivity index (χ1v) is 8.76. The summed E-state index contributed by atoms with van der Waals surface area (Å²) < 4.78 is 24.3. The zero-order chi connectivity index (χ0) is 13.2. The lowest BCUT2D eigenvalue weighted by Crippen LogP contribution is -2.48. The quantitative estimate of drug-likeness (QED) is 0.813. The summed E-state index contributed by atoms with van der Waals surface area (Å²) in [7, 11) is -3.02. The molecule has 1 fully saturated rings. The molecule has 0 saturated carbocycles. The molecule has 0 amide bonds. The van der Waals surface area contributed by atoms with Crippen molar-refractivity contribution in [2.45, 2.75) is 13.3 Å². The Labute approximate surface area is 112 Å². The molecule has 0 N–H and O–H groups in total. The Bertz CT molecular complexity index is 490. The van der Waals surface area contributed by atoms with E-state index in [0.29, 0.717) is 13.1 Å². The minimum absolute atomic E-state index is 0.606. The highest BCUT2D eigenvalue weighted by Crippen LogP contribution is 2.10. The molecule has 1 aromatic rings. The summed E-state index contributed by atoms with van der Waals surface area (Å²) in [6.07, 6.45) is 2.23. The molecular formula is C11H19N3O2S2. The zero-order valence-corrected chi connectivity index (χ0v) is 12.4. The average Bonchev–Trinajstić information content (AvgIpc) is 2.72. The first-order chi connectivity index (χ1) is 8.45. The average molecular weight is 289 g/mol. The molecule has 1 aromatic heterocycles. The van der Waals surface area contributed by atoms with Gasteiger partial charge in [0.2, 0.25) is 10.0 Å². The molecule has 0 radical (unpaired) electrons. The molecule has 102 valence electrons. The third kappa shape index (κ3) is 3.74. The molecular weight excluding hydrogens is 270 g/mol. The van der Waals surface area contributed by atoms with Crippen LogP contribution in [0.5, 0.6) is 0 Å². The maximum Gasteiger partial charge on any atom is 0.211 e. The third-order valence-electron chi connectivity index (χ3n) is 3.15. The van der Waals surface area contributed by atoms with Crippen molar-refractivity contribution in [2.75, 3.05) is 39.0 Å². The van der Waals surface area contributed by atoms with Crippen LogP contribution >= 0.6 is 11.3 Å². The predicted molar refractivity (Wildman–Crippen MR) is 73.4 cm³/mol. The summed E-state index contributed by atoms with van der Waals surface area (Å²) in [4.78, 5) is 6.74. The largest absolute Gasteiger partial charge is 0.300 e. The van der Waals surface area contributed by atoms with Crippen molar-refractivity contribution in [3.63, 3.8) is 0 Å². The summed E-state index contributed by atoms with van der Waals surface area (Å²) in [5.41, 5.74) is 1.14. The minimum Gasteiger partial charge on any atom is -0.300 e. The second kappa shape index (κ2) is 5.64.